The third-order valence-corrected chi connectivity index (χ3v) is 7.20. The molecule has 0 aromatic carbocycles. The average Bonchev–Trinajstić information content (AvgIpc) is 3.54. The van der Waals surface area contributed by atoms with E-state index in [4.69, 9.17) is 4.74 Å². The molecule has 4 aromatic rings. The molecule has 2 fully saturated rings. The number of rotatable bonds is 6. The fraction of sp³-hybridized carbons (Fsp3) is 0.423. The molecule has 10 heteroatoms. The van der Waals surface area contributed by atoms with Crippen molar-refractivity contribution in [3.8, 4) is 23.1 Å². The second-order valence-electron chi connectivity index (χ2n) is 9.67. The molecule has 9 nitrogen and oxygen atoms in total. The molecule has 184 valence electrons. The van der Waals surface area contributed by atoms with Crippen LogP contribution < -0.4 is 10.1 Å². The summed E-state index contributed by atoms with van der Waals surface area (Å²) in [5.74, 6) is 0.483. The lowest BCUT2D eigenvalue weighted by atomic mass is 10.1. The average molecular weight is 487 g/mol. The van der Waals surface area contributed by atoms with Crippen LogP contribution in [0.15, 0.2) is 30.7 Å². The highest BCUT2D eigenvalue weighted by Gasteiger charge is 2.28. The first-order valence-corrected chi connectivity index (χ1v) is 12.4. The molecule has 5 heterocycles. The Morgan fingerprint density at radius 2 is 2.00 bits per heavy atom. The molecular formula is C26H27FN8O. The number of hydrogen-bond acceptors (Lipinski definition) is 7. The second kappa shape index (κ2) is 8.99. The Labute approximate surface area is 207 Å². The van der Waals surface area contributed by atoms with Gasteiger partial charge in [0.15, 0.2) is 0 Å². The number of pyridine rings is 2. The molecule has 0 spiro atoms. The van der Waals surface area contributed by atoms with Crippen molar-refractivity contribution in [2.45, 2.75) is 57.6 Å². The predicted molar refractivity (Wildman–Crippen MR) is 130 cm³/mol. The van der Waals surface area contributed by atoms with Crippen molar-refractivity contribution in [2.75, 3.05) is 13.1 Å². The van der Waals surface area contributed by atoms with Gasteiger partial charge < -0.3 is 10.1 Å². The number of aromatic nitrogens is 6. The highest BCUT2D eigenvalue weighted by atomic mass is 19.1. The van der Waals surface area contributed by atoms with Crippen LogP contribution in [0, 0.1) is 24.1 Å². The summed E-state index contributed by atoms with van der Waals surface area (Å²) in [6.45, 7) is 5.83. The van der Waals surface area contributed by atoms with Gasteiger partial charge in [-0.15, -0.1) is 5.10 Å². The number of ether oxygens (including phenoxy) is 1. The maximum Gasteiger partial charge on any atom is 0.148 e. The van der Waals surface area contributed by atoms with Gasteiger partial charge in [0, 0.05) is 11.8 Å². The maximum absolute atomic E-state index is 14.3. The van der Waals surface area contributed by atoms with Gasteiger partial charge in [-0.25, -0.2) is 13.6 Å². The van der Waals surface area contributed by atoms with Crippen LogP contribution in [0.1, 0.15) is 73.2 Å². The van der Waals surface area contributed by atoms with Gasteiger partial charge >= 0.3 is 0 Å². The number of nitrogens with one attached hydrogen (secondary N) is 1. The van der Waals surface area contributed by atoms with Crippen LogP contribution in [0.25, 0.3) is 16.8 Å². The molecule has 0 radical (unpaired) electrons. The summed E-state index contributed by atoms with van der Waals surface area (Å²) in [7, 11) is 0. The van der Waals surface area contributed by atoms with Gasteiger partial charge in [0.1, 0.15) is 40.5 Å². The number of hydrogen-bond donors (Lipinski definition) is 1. The fourth-order valence-corrected chi connectivity index (χ4v) is 5.04. The molecule has 1 N–H and O–H groups in total. The number of nitriles is 1. The topological polar surface area (TPSA) is 106 Å². The Balaban J connectivity index is 1.38. The lowest BCUT2D eigenvalue weighted by Crippen LogP contribution is -2.30. The minimum atomic E-state index is -0.463. The van der Waals surface area contributed by atoms with Crippen LogP contribution in [0.3, 0.4) is 0 Å². The van der Waals surface area contributed by atoms with Gasteiger partial charge in [-0.3, -0.25) is 4.98 Å². The lowest BCUT2D eigenvalue weighted by Gasteiger charge is -2.23. The van der Waals surface area contributed by atoms with E-state index in [0.29, 0.717) is 34.1 Å². The Morgan fingerprint density at radius 3 is 2.75 bits per heavy atom. The van der Waals surface area contributed by atoms with Crippen LogP contribution in [-0.4, -0.2) is 42.7 Å². The van der Waals surface area contributed by atoms with E-state index in [1.807, 2.05) is 30.8 Å². The molecule has 1 saturated heterocycles. The molecule has 6 rings (SSSR count). The van der Waals surface area contributed by atoms with Gasteiger partial charge in [0.2, 0.25) is 0 Å². The number of fused-ring (bicyclic) bond motifs is 1. The molecule has 1 aliphatic carbocycles. The molecular weight excluding hydrogens is 459 g/mol. The van der Waals surface area contributed by atoms with E-state index < -0.39 is 6.10 Å². The van der Waals surface area contributed by atoms with Crippen molar-refractivity contribution in [3.63, 3.8) is 0 Å². The van der Waals surface area contributed by atoms with Gasteiger partial charge in [-0.05, 0) is 76.2 Å². The minimum Gasteiger partial charge on any atom is -0.482 e. The van der Waals surface area contributed by atoms with E-state index in [9.17, 15) is 9.65 Å². The highest BCUT2D eigenvalue weighted by Crippen LogP contribution is 2.42. The van der Waals surface area contributed by atoms with Crippen molar-refractivity contribution < 1.29 is 9.13 Å². The highest BCUT2D eigenvalue weighted by molar-refractivity contribution is 5.74. The van der Waals surface area contributed by atoms with E-state index in [1.54, 1.807) is 10.6 Å². The first kappa shape index (κ1) is 22.6. The van der Waals surface area contributed by atoms with Crippen molar-refractivity contribution >= 4 is 5.52 Å². The summed E-state index contributed by atoms with van der Waals surface area (Å²) < 4.78 is 24.3. The first-order valence-electron chi connectivity index (χ1n) is 12.4. The molecule has 2 aliphatic rings. The summed E-state index contributed by atoms with van der Waals surface area (Å²) in [5.41, 5.74) is 4.83. The molecule has 0 amide bonds. The Morgan fingerprint density at radius 1 is 1.19 bits per heavy atom. The molecule has 1 aliphatic heterocycles. The zero-order chi connectivity index (χ0) is 24.8. The van der Waals surface area contributed by atoms with E-state index in [2.05, 4.69) is 31.8 Å². The fourth-order valence-electron chi connectivity index (χ4n) is 5.04. The first-order chi connectivity index (χ1) is 17.5. The Kier molecular flexibility index (Phi) is 5.64. The van der Waals surface area contributed by atoms with E-state index in [-0.39, 0.29) is 11.7 Å². The van der Waals surface area contributed by atoms with E-state index in [0.717, 1.165) is 55.7 Å². The van der Waals surface area contributed by atoms with Crippen LogP contribution in [0.2, 0.25) is 0 Å². The lowest BCUT2D eigenvalue weighted by molar-refractivity contribution is 0.223. The predicted octanol–water partition coefficient (Wildman–Crippen LogP) is 4.25. The normalized spacial score (nSPS) is 17.3. The van der Waals surface area contributed by atoms with Gasteiger partial charge in [0.05, 0.1) is 29.8 Å². The van der Waals surface area contributed by atoms with Crippen LogP contribution in [0.5, 0.6) is 5.75 Å². The monoisotopic (exact) mass is 486 g/mol. The third-order valence-electron chi connectivity index (χ3n) is 7.20. The summed E-state index contributed by atoms with van der Waals surface area (Å²) in [6.07, 6.45) is 8.19. The zero-order valence-corrected chi connectivity index (χ0v) is 20.3. The largest absolute Gasteiger partial charge is 0.482 e. The molecule has 1 saturated carbocycles. The van der Waals surface area contributed by atoms with E-state index >= 15 is 0 Å². The summed E-state index contributed by atoms with van der Waals surface area (Å²) in [4.78, 5) is 4.29. The molecule has 0 bridgehead atoms. The van der Waals surface area contributed by atoms with Gasteiger partial charge in [-0.1, -0.05) is 5.21 Å². The number of halogens is 1. The van der Waals surface area contributed by atoms with Crippen molar-refractivity contribution in [1.82, 2.24) is 34.9 Å². The number of nitrogens with zero attached hydrogens (tertiary/aromatic N) is 7. The van der Waals surface area contributed by atoms with Crippen molar-refractivity contribution in [1.29, 1.82) is 5.26 Å². The SMILES string of the molecule is Cc1c(-c2cc(OC(C)c3cc(C4CC4)c(F)cn3)c3c(C#N)cnn3c2)nnn1C1CCNCC1. The summed E-state index contributed by atoms with van der Waals surface area (Å²) in [5, 5.41) is 26.4. The van der Waals surface area contributed by atoms with Gasteiger partial charge in [0.25, 0.3) is 0 Å². The summed E-state index contributed by atoms with van der Waals surface area (Å²) >= 11 is 0. The molecule has 36 heavy (non-hydrogen) atoms. The molecule has 1 unspecified atom stereocenters. The smallest absolute Gasteiger partial charge is 0.148 e. The quantitative estimate of drug-likeness (QED) is 0.434. The standard InChI is InChI=1S/C26H27FN8O/c1-15-25(32-33-35(15)20-5-7-29-8-6-20)18-9-24(26-19(11-28)12-31-34(26)14-18)36-16(2)23-10-21(17-3-4-17)22(27)13-30-23/h9-10,12-14,16-17,20,29H,3-8H2,1-2H3. The van der Waals surface area contributed by atoms with Crippen molar-refractivity contribution in [3.05, 3.63) is 59.1 Å². The van der Waals surface area contributed by atoms with E-state index in [1.165, 1.54) is 12.4 Å². The van der Waals surface area contributed by atoms with Crippen LogP contribution in [-0.2, 0) is 0 Å². The molecule has 1 atom stereocenters. The number of piperidine rings is 1. The van der Waals surface area contributed by atoms with Gasteiger partial charge in [-0.2, -0.15) is 10.4 Å². The summed E-state index contributed by atoms with van der Waals surface area (Å²) in [6, 6.07) is 6.19. The Bertz CT molecular complexity index is 1480. The maximum atomic E-state index is 14.3. The third kappa shape index (κ3) is 3.99. The van der Waals surface area contributed by atoms with Crippen LogP contribution in [0.4, 0.5) is 4.39 Å². The second-order valence-corrected chi connectivity index (χ2v) is 9.67. The molecule has 4 aromatic heterocycles. The van der Waals surface area contributed by atoms with Crippen molar-refractivity contribution in [2.24, 2.45) is 0 Å². The zero-order valence-electron chi connectivity index (χ0n) is 20.3. The Hall–Kier alpha value is -3.84. The van der Waals surface area contributed by atoms with Crippen LogP contribution >= 0.6 is 0 Å². The minimum absolute atomic E-state index is 0.263.